The Hall–Kier alpha value is -4.18. The van der Waals surface area contributed by atoms with Gasteiger partial charge in [0.2, 0.25) is 0 Å². The van der Waals surface area contributed by atoms with Crippen LogP contribution in [0.2, 0.25) is 0 Å². The fourth-order valence-corrected chi connectivity index (χ4v) is 18.2. The van der Waals surface area contributed by atoms with Crippen LogP contribution in [0.15, 0.2) is 60.7 Å². The first-order valence-electron chi connectivity index (χ1n) is 35.6. The van der Waals surface area contributed by atoms with E-state index in [9.17, 15) is 4.79 Å². The average Bonchev–Trinajstić information content (AvgIpc) is 1.64. The highest BCUT2D eigenvalue weighted by Crippen LogP contribution is 2.48. The molecule has 2 aliphatic rings. The van der Waals surface area contributed by atoms with E-state index in [-0.39, 0.29) is 21.6 Å². The van der Waals surface area contributed by atoms with Crippen LogP contribution < -0.4 is 10.4 Å². The molecule has 3 aromatic heterocycles. The summed E-state index contributed by atoms with van der Waals surface area (Å²) >= 11 is 5.49. The summed E-state index contributed by atoms with van der Waals surface area (Å²) in [6.07, 6.45) is 46.7. The zero-order valence-corrected chi connectivity index (χ0v) is 57.4. The summed E-state index contributed by atoms with van der Waals surface area (Å²) in [6, 6.07) is 21.5. The molecule has 2 amide bonds. The van der Waals surface area contributed by atoms with Crippen molar-refractivity contribution in [2.75, 3.05) is 13.1 Å². The first kappa shape index (κ1) is 68.7. The molecule has 8 rings (SSSR count). The molecular formula is C78H110F2N2O2S3. The first-order chi connectivity index (χ1) is 42.6. The second kappa shape index (κ2) is 36.6. The number of carbonyl (C=O) groups excluding carboxylic acids is 2. The number of rotatable bonds is 45. The van der Waals surface area contributed by atoms with Gasteiger partial charge in [-0.15, -0.1) is 34.0 Å². The lowest BCUT2D eigenvalue weighted by Crippen LogP contribution is -2.31. The Balaban J connectivity index is 1.06. The van der Waals surface area contributed by atoms with Crippen molar-refractivity contribution in [2.24, 2.45) is 11.8 Å². The lowest BCUT2D eigenvalue weighted by Gasteiger charge is -2.25. The SMILES string of the molecule is CCCCCCCCCCC(CCCCCCCCCC)CCN1C(=O)c2c(F)c3c(c(F)c2=C1C)C(=O)N(CCC(CCCCCCCCCC)CCCCCCCCCC)C=3c1ccc(-c2cc3sc4cc(-c5ccc(C)cc5)sc4c3s2)cc1. The normalized spacial score (nSPS) is 13.4. The minimum absolute atomic E-state index is 0.0189. The highest BCUT2D eigenvalue weighted by molar-refractivity contribution is 7.40. The van der Waals surface area contributed by atoms with Gasteiger partial charge in [-0.25, -0.2) is 8.78 Å². The molecule has 9 heteroatoms. The fraction of sp³-hybridized carbons (Fsp3) is 0.615. The summed E-state index contributed by atoms with van der Waals surface area (Å²) in [5, 5.41) is -0.0623. The van der Waals surface area contributed by atoms with Crippen molar-refractivity contribution in [1.29, 1.82) is 0 Å². The monoisotopic (exact) mass is 1240 g/mol. The molecule has 3 aromatic carbocycles. The average molecular weight is 1240 g/mol. The van der Waals surface area contributed by atoms with Crippen molar-refractivity contribution in [3.05, 3.63) is 105 Å². The quantitative estimate of drug-likeness (QED) is 0.0358. The molecular weight excluding hydrogens is 1130 g/mol. The first-order valence-corrected chi connectivity index (χ1v) is 38.1. The number of amides is 2. The van der Waals surface area contributed by atoms with Gasteiger partial charge in [0.15, 0.2) is 0 Å². The highest BCUT2D eigenvalue weighted by atomic mass is 32.1. The fourth-order valence-electron chi connectivity index (χ4n) is 14.1. The number of halogens is 2. The maximum Gasteiger partial charge on any atom is 0.262 e. The lowest BCUT2D eigenvalue weighted by atomic mass is 9.91. The van der Waals surface area contributed by atoms with Gasteiger partial charge in [0.25, 0.3) is 11.8 Å². The van der Waals surface area contributed by atoms with Crippen LogP contribution in [0.3, 0.4) is 0 Å². The van der Waals surface area contributed by atoms with Crippen LogP contribution in [0.4, 0.5) is 8.78 Å². The summed E-state index contributed by atoms with van der Waals surface area (Å²) in [5.41, 5.74) is 4.61. The van der Waals surface area contributed by atoms with Gasteiger partial charge >= 0.3 is 0 Å². The van der Waals surface area contributed by atoms with E-state index in [0.717, 1.165) is 61.8 Å². The Morgan fingerprint density at radius 2 is 0.701 bits per heavy atom. The molecule has 0 atom stereocenters. The van der Waals surface area contributed by atoms with Crippen molar-refractivity contribution in [2.45, 2.75) is 286 Å². The number of hydrogen-bond donors (Lipinski definition) is 0. The van der Waals surface area contributed by atoms with Crippen LogP contribution in [0, 0.1) is 30.4 Å². The van der Waals surface area contributed by atoms with Crippen LogP contribution >= 0.6 is 34.0 Å². The maximum absolute atomic E-state index is 18.1. The Bertz CT molecular complexity index is 3140. The van der Waals surface area contributed by atoms with Crippen molar-refractivity contribution in [1.82, 2.24) is 9.80 Å². The maximum atomic E-state index is 18.1. The minimum Gasteiger partial charge on any atom is -0.312 e. The number of unbranched alkanes of at least 4 members (excludes halogenated alkanes) is 28. The third kappa shape index (κ3) is 19.0. The van der Waals surface area contributed by atoms with E-state index < -0.39 is 23.4 Å². The zero-order valence-electron chi connectivity index (χ0n) is 54.9. The number of nitrogens with zero attached hydrogens (tertiary/aromatic N) is 2. The number of hydrogen-bond acceptors (Lipinski definition) is 5. The van der Waals surface area contributed by atoms with E-state index >= 15 is 13.6 Å². The molecule has 0 saturated carbocycles. The number of fused-ring (bicyclic) bond motifs is 5. The number of aryl methyl sites for hydroxylation is 1. The van der Waals surface area contributed by atoms with Crippen molar-refractivity contribution in [3.63, 3.8) is 0 Å². The minimum atomic E-state index is -0.754. The van der Waals surface area contributed by atoms with Crippen molar-refractivity contribution < 1.29 is 18.4 Å². The predicted octanol–water partition coefficient (Wildman–Crippen LogP) is 24.4. The standard InChI is InChI=1S/C78H110F2N2O2S3/c1-7-11-15-19-23-27-31-35-39-59(40-36-32-28-24-20-16-12-8-2)51-53-81-58(6)68-70(77(81)83)73(80)69-71(72(68)79)78(84)82(54-52-60(41-37-33-29-25-21-17-13-9-3)42-38-34-30-26-22-18-14-10-4)74(69)63-49-47-62(48-50-63)65-56-67-76(87-65)75-66(85-67)55-64(86-75)61-45-43-57(5)44-46-61/h43-50,55-56,59-60H,7-42,51-54H2,1-6H3. The van der Waals surface area contributed by atoms with E-state index in [4.69, 9.17) is 0 Å². The Kier molecular flexibility index (Phi) is 28.9. The van der Waals surface area contributed by atoms with E-state index in [1.165, 1.54) is 227 Å². The molecule has 0 fully saturated rings. The third-order valence-corrected chi connectivity index (χ3v) is 23.4. The Morgan fingerprint density at radius 1 is 0.379 bits per heavy atom. The third-order valence-electron chi connectivity index (χ3n) is 19.6. The molecule has 0 bridgehead atoms. The van der Waals surface area contributed by atoms with Gasteiger partial charge < -0.3 is 9.80 Å². The second-order valence-corrected chi connectivity index (χ2v) is 29.7. The molecule has 0 saturated heterocycles. The number of thiophene rings is 3. The second-order valence-electron chi connectivity index (χ2n) is 26.5. The topological polar surface area (TPSA) is 40.6 Å². The van der Waals surface area contributed by atoms with Gasteiger partial charge in [-0.1, -0.05) is 313 Å². The summed E-state index contributed by atoms with van der Waals surface area (Å²) < 4.78 is 41.2. The van der Waals surface area contributed by atoms with E-state index in [1.54, 1.807) is 28.1 Å². The molecule has 0 spiro atoms. The Labute approximate surface area is 537 Å². The van der Waals surface area contributed by atoms with Crippen LogP contribution in [-0.4, -0.2) is 34.7 Å². The molecule has 6 aromatic rings. The molecule has 0 unspecified atom stereocenters. The highest BCUT2D eigenvalue weighted by Gasteiger charge is 2.41. The van der Waals surface area contributed by atoms with Crippen LogP contribution in [0.5, 0.6) is 0 Å². The van der Waals surface area contributed by atoms with E-state index in [2.05, 4.69) is 83.1 Å². The zero-order chi connectivity index (χ0) is 61.3. The van der Waals surface area contributed by atoms with Crippen LogP contribution in [0.1, 0.15) is 310 Å². The van der Waals surface area contributed by atoms with Crippen molar-refractivity contribution >= 4 is 76.0 Å². The van der Waals surface area contributed by atoms with Gasteiger partial charge in [0.1, 0.15) is 11.6 Å². The molecule has 0 N–H and O–H groups in total. The van der Waals surface area contributed by atoms with Crippen molar-refractivity contribution in [3.8, 4) is 20.9 Å². The summed E-state index contributed by atoms with van der Waals surface area (Å²) in [4.78, 5) is 35.9. The molecule has 0 radical (unpaired) electrons. The lowest BCUT2D eigenvalue weighted by molar-refractivity contribution is 0.0822. The van der Waals surface area contributed by atoms with Gasteiger partial charge in [0.05, 0.1) is 31.4 Å². The summed E-state index contributed by atoms with van der Waals surface area (Å²) in [5.74, 6) is -1.61. The summed E-state index contributed by atoms with van der Waals surface area (Å²) in [6.45, 7) is 13.8. The number of benzene rings is 3. The van der Waals surface area contributed by atoms with Gasteiger partial charge in [0, 0.05) is 43.2 Å². The Morgan fingerprint density at radius 3 is 1.10 bits per heavy atom. The van der Waals surface area contributed by atoms with Gasteiger partial charge in [-0.05, 0) is 67.3 Å². The molecule has 2 aliphatic heterocycles. The smallest absolute Gasteiger partial charge is 0.262 e. The molecule has 87 heavy (non-hydrogen) atoms. The van der Waals surface area contributed by atoms with E-state index in [1.807, 2.05) is 34.8 Å². The largest absolute Gasteiger partial charge is 0.312 e. The molecule has 476 valence electrons. The van der Waals surface area contributed by atoms with Gasteiger partial charge in [-0.3, -0.25) is 9.59 Å². The molecule has 4 nitrogen and oxygen atoms in total. The van der Waals surface area contributed by atoms with Gasteiger partial charge in [-0.2, -0.15) is 0 Å². The van der Waals surface area contributed by atoms with E-state index in [0.29, 0.717) is 41.9 Å². The number of carbonyl (C=O) groups is 2. The van der Waals surface area contributed by atoms with Crippen LogP contribution in [0.25, 0.3) is 51.1 Å². The molecule has 0 aliphatic carbocycles. The van der Waals surface area contributed by atoms with Crippen LogP contribution in [-0.2, 0) is 0 Å². The molecule has 5 heterocycles. The predicted molar refractivity (Wildman–Crippen MR) is 375 cm³/mol. The summed E-state index contributed by atoms with van der Waals surface area (Å²) in [7, 11) is 0.